The van der Waals surface area contributed by atoms with E-state index in [1.807, 2.05) is 0 Å². The second-order valence-corrected chi connectivity index (χ2v) is 7.09. The molecular weight excluding hydrogens is 399 g/mol. The average molecular weight is 410 g/mol. The van der Waals surface area contributed by atoms with Gasteiger partial charge in [-0.3, -0.25) is 14.4 Å². The molecule has 3 N–H and O–H groups in total. The van der Waals surface area contributed by atoms with Gasteiger partial charge in [-0.05, 0) is 12.1 Å². The molecule has 0 aromatic heterocycles. The Labute approximate surface area is 156 Å². The predicted molar refractivity (Wildman–Crippen MR) is 95.5 cm³/mol. The number of anilines is 1. The highest BCUT2D eigenvalue weighted by Crippen LogP contribution is 2.32. The van der Waals surface area contributed by atoms with Crippen LogP contribution in [-0.4, -0.2) is 28.1 Å². The van der Waals surface area contributed by atoms with Crippen molar-refractivity contribution in [3.63, 3.8) is 0 Å². The van der Waals surface area contributed by atoms with Crippen molar-refractivity contribution in [1.82, 2.24) is 10.7 Å². The summed E-state index contributed by atoms with van der Waals surface area (Å²) in [4.78, 5) is 34.7. The Kier molecular flexibility index (Phi) is 6.34. The summed E-state index contributed by atoms with van der Waals surface area (Å²) < 4.78 is 0. The first-order valence-electron chi connectivity index (χ1n) is 6.52. The number of amidine groups is 1. The summed E-state index contributed by atoms with van der Waals surface area (Å²) in [6.45, 7) is 1.29. The molecule has 0 radical (unpaired) electrons. The first-order chi connectivity index (χ1) is 11.3. The van der Waals surface area contributed by atoms with Gasteiger partial charge in [0.15, 0.2) is 5.17 Å². The molecule has 0 spiro atoms. The molecule has 0 aliphatic carbocycles. The van der Waals surface area contributed by atoms with Crippen LogP contribution in [0.1, 0.15) is 13.3 Å². The summed E-state index contributed by atoms with van der Waals surface area (Å²) in [5.41, 5.74) is 2.51. The first-order valence-corrected chi connectivity index (χ1v) is 8.54. The Morgan fingerprint density at radius 2 is 1.92 bits per heavy atom. The molecule has 0 saturated carbocycles. The van der Waals surface area contributed by atoms with Crippen molar-refractivity contribution < 1.29 is 14.4 Å². The third-order valence-corrected chi connectivity index (χ3v) is 4.86. The minimum Gasteiger partial charge on any atom is -0.325 e. The van der Waals surface area contributed by atoms with Gasteiger partial charge in [-0.15, -0.1) is 5.10 Å². The lowest BCUT2D eigenvalue weighted by atomic mass is 10.2. The van der Waals surface area contributed by atoms with E-state index in [-0.39, 0.29) is 38.5 Å². The van der Waals surface area contributed by atoms with E-state index in [2.05, 4.69) is 21.2 Å². The molecule has 1 aliphatic rings. The normalized spacial score (nSPS) is 18.4. The van der Waals surface area contributed by atoms with Gasteiger partial charge in [0.2, 0.25) is 17.7 Å². The van der Waals surface area contributed by atoms with E-state index >= 15 is 0 Å². The van der Waals surface area contributed by atoms with Crippen LogP contribution in [0.25, 0.3) is 0 Å². The summed E-state index contributed by atoms with van der Waals surface area (Å²) in [5, 5.41) is 9.06. The van der Waals surface area contributed by atoms with Gasteiger partial charge in [0.25, 0.3) is 0 Å². The fraction of sp³-hybridized carbons (Fsp3) is 0.231. The molecule has 1 aliphatic heterocycles. The molecule has 24 heavy (non-hydrogen) atoms. The second kappa shape index (κ2) is 8.06. The standard InChI is InChI=1S/C13H11Cl3N4O3S/c1-5(21)19-20-13-18-12(23)10(24-13)4-11(22)17-9-3-7(15)6(14)2-8(9)16/h2-3,10H,4H2,1H3,(H,17,22)(H,19,21)(H,18,20,23)/t10-/m1/s1. The molecule has 0 unspecified atom stereocenters. The van der Waals surface area contributed by atoms with Gasteiger partial charge in [-0.25, -0.2) is 5.43 Å². The van der Waals surface area contributed by atoms with Gasteiger partial charge in [0.05, 0.1) is 20.8 Å². The van der Waals surface area contributed by atoms with Crippen LogP contribution in [0.5, 0.6) is 0 Å². The molecule has 128 valence electrons. The van der Waals surface area contributed by atoms with Crippen LogP contribution in [0.4, 0.5) is 5.69 Å². The van der Waals surface area contributed by atoms with Gasteiger partial charge in [0, 0.05) is 13.3 Å². The molecule has 1 aromatic carbocycles. The van der Waals surface area contributed by atoms with Gasteiger partial charge in [-0.2, -0.15) is 0 Å². The zero-order valence-corrected chi connectivity index (χ0v) is 15.2. The summed E-state index contributed by atoms with van der Waals surface area (Å²) in [6.07, 6.45) is -0.105. The highest BCUT2D eigenvalue weighted by molar-refractivity contribution is 8.15. The lowest BCUT2D eigenvalue weighted by molar-refractivity contribution is -0.122. The number of rotatable bonds is 4. The fourth-order valence-electron chi connectivity index (χ4n) is 1.71. The zero-order valence-electron chi connectivity index (χ0n) is 12.2. The number of nitrogens with zero attached hydrogens (tertiary/aromatic N) is 1. The Morgan fingerprint density at radius 1 is 1.25 bits per heavy atom. The van der Waals surface area contributed by atoms with E-state index < -0.39 is 11.2 Å². The van der Waals surface area contributed by atoms with Crippen molar-refractivity contribution in [3.8, 4) is 0 Å². The first kappa shape index (κ1) is 18.9. The van der Waals surface area contributed by atoms with Crippen LogP contribution in [-0.2, 0) is 14.4 Å². The molecule has 2 rings (SSSR count). The number of carbonyl (C=O) groups excluding carboxylic acids is 3. The van der Waals surface area contributed by atoms with Crippen molar-refractivity contribution >= 4 is 75.1 Å². The molecule has 1 atom stereocenters. The van der Waals surface area contributed by atoms with Crippen LogP contribution < -0.4 is 16.1 Å². The molecule has 11 heteroatoms. The van der Waals surface area contributed by atoms with Crippen LogP contribution in [0.15, 0.2) is 17.2 Å². The Morgan fingerprint density at radius 3 is 2.58 bits per heavy atom. The summed E-state index contributed by atoms with van der Waals surface area (Å²) >= 11 is 18.7. The number of amides is 3. The van der Waals surface area contributed by atoms with Crippen molar-refractivity contribution in [2.24, 2.45) is 5.10 Å². The van der Waals surface area contributed by atoms with Crippen LogP contribution in [0.2, 0.25) is 15.1 Å². The number of hydrogen-bond acceptors (Lipinski definition) is 5. The SMILES string of the molecule is CC(=O)N/N=C1\NC(=O)[C@@H](CC(=O)Nc2cc(Cl)c(Cl)cc2Cl)S1. The van der Waals surface area contributed by atoms with Crippen molar-refractivity contribution in [2.45, 2.75) is 18.6 Å². The molecule has 1 fully saturated rings. The highest BCUT2D eigenvalue weighted by Gasteiger charge is 2.32. The molecule has 1 aromatic rings. The zero-order chi connectivity index (χ0) is 17.9. The minimum atomic E-state index is -0.668. The number of hydrazone groups is 1. The average Bonchev–Trinajstić information content (AvgIpc) is 2.83. The van der Waals surface area contributed by atoms with E-state index in [9.17, 15) is 14.4 Å². The summed E-state index contributed by atoms with van der Waals surface area (Å²) in [7, 11) is 0. The highest BCUT2D eigenvalue weighted by atomic mass is 35.5. The number of benzene rings is 1. The predicted octanol–water partition coefficient (Wildman–Crippen LogP) is 2.61. The minimum absolute atomic E-state index is 0.105. The number of halogens is 3. The summed E-state index contributed by atoms with van der Waals surface area (Å²) in [6, 6.07) is 2.84. The maximum atomic E-state index is 12.1. The molecule has 1 saturated heterocycles. The maximum Gasteiger partial charge on any atom is 0.240 e. The largest absolute Gasteiger partial charge is 0.325 e. The Balaban J connectivity index is 1.98. The van der Waals surface area contributed by atoms with Crippen molar-refractivity contribution in [1.29, 1.82) is 0 Å². The molecule has 7 nitrogen and oxygen atoms in total. The van der Waals surface area contributed by atoms with Gasteiger partial charge < -0.3 is 10.6 Å². The second-order valence-electron chi connectivity index (χ2n) is 4.68. The Bertz CT molecular complexity index is 741. The number of nitrogens with one attached hydrogen (secondary N) is 3. The lowest BCUT2D eigenvalue weighted by Gasteiger charge is -2.10. The van der Waals surface area contributed by atoms with Gasteiger partial charge >= 0.3 is 0 Å². The number of thioether (sulfide) groups is 1. The van der Waals surface area contributed by atoms with E-state index in [4.69, 9.17) is 34.8 Å². The molecule has 3 amide bonds. The van der Waals surface area contributed by atoms with Crippen LogP contribution >= 0.6 is 46.6 Å². The van der Waals surface area contributed by atoms with Crippen molar-refractivity contribution in [2.75, 3.05) is 5.32 Å². The third kappa shape index (κ3) is 5.01. The van der Waals surface area contributed by atoms with Crippen LogP contribution in [0, 0.1) is 0 Å². The van der Waals surface area contributed by atoms with Gasteiger partial charge in [0.1, 0.15) is 5.25 Å². The van der Waals surface area contributed by atoms with E-state index in [0.29, 0.717) is 5.69 Å². The quantitative estimate of drug-likeness (QED) is 0.526. The fourth-order valence-corrected chi connectivity index (χ4v) is 3.23. The van der Waals surface area contributed by atoms with E-state index in [1.165, 1.54) is 19.1 Å². The topological polar surface area (TPSA) is 99.7 Å². The smallest absolute Gasteiger partial charge is 0.240 e. The maximum absolute atomic E-state index is 12.1. The third-order valence-electron chi connectivity index (χ3n) is 2.75. The molecular formula is C13H11Cl3N4O3S. The van der Waals surface area contributed by atoms with Crippen LogP contribution in [0.3, 0.4) is 0 Å². The molecule has 0 bridgehead atoms. The number of carbonyl (C=O) groups is 3. The molecule has 1 heterocycles. The van der Waals surface area contributed by atoms with E-state index in [0.717, 1.165) is 11.8 Å². The summed E-state index contributed by atoms with van der Waals surface area (Å²) in [5.74, 6) is -1.17. The van der Waals surface area contributed by atoms with Gasteiger partial charge in [-0.1, -0.05) is 46.6 Å². The lowest BCUT2D eigenvalue weighted by Crippen LogP contribution is -2.29. The van der Waals surface area contributed by atoms with E-state index in [1.54, 1.807) is 0 Å². The van der Waals surface area contributed by atoms with Crippen molar-refractivity contribution in [3.05, 3.63) is 27.2 Å². The monoisotopic (exact) mass is 408 g/mol. The number of hydrogen-bond donors (Lipinski definition) is 3. The Hall–Kier alpha value is -1.48.